The molecule has 0 aliphatic rings. The zero-order valence-corrected chi connectivity index (χ0v) is 12.1. The lowest BCUT2D eigenvalue weighted by Crippen LogP contribution is -2.29. The Hall–Kier alpha value is -2.57. The topological polar surface area (TPSA) is 97.4 Å². The Kier molecular flexibility index (Phi) is 4.11. The zero-order chi connectivity index (χ0) is 15.6. The van der Waals surface area contributed by atoms with E-state index < -0.39 is 5.97 Å². The molecule has 7 nitrogen and oxygen atoms in total. The quantitative estimate of drug-likeness (QED) is 0.873. The van der Waals surface area contributed by atoms with E-state index in [-0.39, 0.29) is 18.5 Å². The number of carboxylic acid groups (broad SMARTS) is 1. The fourth-order valence-electron chi connectivity index (χ4n) is 2.35. The third-order valence-electron chi connectivity index (χ3n) is 3.24. The highest BCUT2D eigenvalue weighted by Crippen LogP contribution is 2.21. The van der Waals surface area contributed by atoms with Crippen LogP contribution in [-0.2, 0) is 11.3 Å². The maximum absolute atomic E-state index is 12.3. The van der Waals surface area contributed by atoms with Crippen LogP contribution in [0.15, 0.2) is 22.9 Å². The molecule has 0 aliphatic carbocycles. The van der Waals surface area contributed by atoms with Gasteiger partial charge in [0.2, 0.25) is 0 Å². The molecule has 2 rings (SSSR count). The van der Waals surface area contributed by atoms with E-state index in [0.29, 0.717) is 11.5 Å². The Bertz CT molecular complexity index is 652. The minimum absolute atomic E-state index is 0.255. The van der Waals surface area contributed by atoms with Crippen molar-refractivity contribution in [2.45, 2.75) is 33.4 Å². The lowest BCUT2D eigenvalue weighted by Gasteiger charge is -2.14. The van der Waals surface area contributed by atoms with Crippen LogP contribution in [0.2, 0.25) is 0 Å². The highest BCUT2D eigenvalue weighted by Gasteiger charge is 2.20. The molecule has 21 heavy (non-hydrogen) atoms. The summed E-state index contributed by atoms with van der Waals surface area (Å²) >= 11 is 0. The number of amides is 1. The predicted molar refractivity (Wildman–Crippen MR) is 73.9 cm³/mol. The van der Waals surface area contributed by atoms with Crippen molar-refractivity contribution in [1.29, 1.82) is 0 Å². The Morgan fingerprint density at radius 1 is 1.48 bits per heavy atom. The van der Waals surface area contributed by atoms with Gasteiger partial charge in [0.1, 0.15) is 18.0 Å². The molecular formula is C14H17N3O4. The summed E-state index contributed by atoms with van der Waals surface area (Å²) in [6.07, 6.45) is 1.56. The van der Waals surface area contributed by atoms with Crippen molar-refractivity contribution >= 4 is 11.9 Å². The van der Waals surface area contributed by atoms with Crippen LogP contribution >= 0.6 is 0 Å². The van der Waals surface area contributed by atoms with Gasteiger partial charge in [0.25, 0.3) is 5.91 Å². The number of nitrogens with zero attached hydrogens (tertiary/aromatic N) is 2. The van der Waals surface area contributed by atoms with E-state index in [1.54, 1.807) is 25.3 Å². The van der Waals surface area contributed by atoms with Crippen molar-refractivity contribution in [3.63, 3.8) is 0 Å². The second-order valence-corrected chi connectivity index (χ2v) is 4.85. The van der Waals surface area contributed by atoms with Crippen LogP contribution in [0, 0.1) is 13.8 Å². The standard InChI is InChI=1S/C14H17N3O4/c1-8(13-9(2)16-21-10(13)3)15-14(20)11-5-4-6-17(11)7-12(18)19/h4-6,8H,7H2,1-3H3,(H,15,20)(H,18,19). The first kappa shape index (κ1) is 14.8. The molecule has 1 amide bonds. The van der Waals surface area contributed by atoms with E-state index in [9.17, 15) is 9.59 Å². The number of carbonyl (C=O) groups excluding carboxylic acids is 1. The Labute approximate surface area is 121 Å². The minimum atomic E-state index is -1.00. The largest absolute Gasteiger partial charge is 0.480 e. The molecule has 2 aromatic rings. The number of hydrogen-bond acceptors (Lipinski definition) is 4. The van der Waals surface area contributed by atoms with Gasteiger partial charge in [-0.25, -0.2) is 0 Å². The highest BCUT2D eigenvalue weighted by atomic mass is 16.5. The van der Waals surface area contributed by atoms with E-state index in [1.807, 2.05) is 13.8 Å². The summed E-state index contributed by atoms with van der Waals surface area (Å²) in [5.41, 5.74) is 1.86. The number of aromatic nitrogens is 2. The fourth-order valence-corrected chi connectivity index (χ4v) is 2.35. The second-order valence-electron chi connectivity index (χ2n) is 4.85. The van der Waals surface area contributed by atoms with Crippen molar-refractivity contribution in [3.8, 4) is 0 Å². The first-order valence-corrected chi connectivity index (χ1v) is 6.50. The number of aliphatic carboxylic acids is 1. The summed E-state index contributed by atoms with van der Waals surface area (Å²) in [6, 6.07) is 2.94. The molecule has 1 unspecified atom stereocenters. The molecule has 0 saturated heterocycles. The normalized spacial score (nSPS) is 12.1. The summed E-state index contributed by atoms with van der Waals surface area (Å²) in [7, 11) is 0. The summed E-state index contributed by atoms with van der Waals surface area (Å²) in [6.45, 7) is 5.16. The first-order chi connectivity index (χ1) is 9.90. The van der Waals surface area contributed by atoms with Crippen molar-refractivity contribution in [2.24, 2.45) is 0 Å². The van der Waals surface area contributed by atoms with Crippen LogP contribution in [0.5, 0.6) is 0 Å². The van der Waals surface area contributed by atoms with Gasteiger partial charge < -0.3 is 19.5 Å². The van der Waals surface area contributed by atoms with Crippen molar-refractivity contribution in [3.05, 3.63) is 41.0 Å². The number of carboxylic acids is 1. The molecule has 2 heterocycles. The molecule has 0 radical (unpaired) electrons. The number of carbonyl (C=O) groups is 2. The average molecular weight is 291 g/mol. The lowest BCUT2D eigenvalue weighted by atomic mass is 10.1. The van der Waals surface area contributed by atoms with Crippen molar-refractivity contribution in [2.75, 3.05) is 0 Å². The van der Waals surface area contributed by atoms with Gasteiger partial charge in [-0.3, -0.25) is 9.59 Å². The summed E-state index contributed by atoms with van der Waals surface area (Å²) in [5.74, 6) is -0.686. The minimum Gasteiger partial charge on any atom is -0.480 e. The van der Waals surface area contributed by atoms with E-state index in [0.717, 1.165) is 11.3 Å². The second kappa shape index (κ2) is 5.82. The lowest BCUT2D eigenvalue weighted by molar-refractivity contribution is -0.137. The van der Waals surface area contributed by atoms with E-state index in [2.05, 4.69) is 10.5 Å². The molecule has 112 valence electrons. The fraction of sp³-hybridized carbons (Fsp3) is 0.357. The monoisotopic (exact) mass is 291 g/mol. The average Bonchev–Trinajstić information content (AvgIpc) is 2.95. The smallest absolute Gasteiger partial charge is 0.323 e. The Morgan fingerprint density at radius 2 is 2.19 bits per heavy atom. The van der Waals surface area contributed by atoms with Crippen LogP contribution in [0.25, 0.3) is 0 Å². The van der Waals surface area contributed by atoms with E-state index in [4.69, 9.17) is 9.63 Å². The predicted octanol–water partition coefficient (Wildman–Crippen LogP) is 1.67. The van der Waals surface area contributed by atoms with E-state index in [1.165, 1.54) is 4.57 Å². The summed E-state index contributed by atoms with van der Waals surface area (Å²) in [4.78, 5) is 23.0. The first-order valence-electron chi connectivity index (χ1n) is 6.50. The van der Waals surface area contributed by atoms with Crippen LogP contribution in [0.3, 0.4) is 0 Å². The molecule has 0 bridgehead atoms. The van der Waals surface area contributed by atoms with Crippen LogP contribution in [-0.4, -0.2) is 26.7 Å². The van der Waals surface area contributed by atoms with Crippen LogP contribution in [0.1, 0.15) is 40.5 Å². The molecule has 2 aromatic heterocycles. The Balaban J connectivity index is 2.15. The molecule has 2 N–H and O–H groups in total. The molecule has 0 fully saturated rings. The van der Waals surface area contributed by atoms with Gasteiger partial charge in [-0.2, -0.15) is 0 Å². The summed E-state index contributed by atoms with van der Waals surface area (Å²) < 4.78 is 6.47. The van der Waals surface area contributed by atoms with Crippen LogP contribution in [0.4, 0.5) is 0 Å². The zero-order valence-electron chi connectivity index (χ0n) is 12.1. The number of hydrogen-bond donors (Lipinski definition) is 2. The molecule has 0 aliphatic heterocycles. The van der Waals surface area contributed by atoms with Gasteiger partial charge in [0.05, 0.1) is 11.7 Å². The number of rotatable bonds is 5. The molecule has 1 atom stereocenters. The SMILES string of the molecule is Cc1noc(C)c1C(C)NC(=O)c1cccn1CC(=O)O. The van der Waals surface area contributed by atoms with Gasteiger partial charge in [0.15, 0.2) is 0 Å². The van der Waals surface area contributed by atoms with Crippen molar-refractivity contribution in [1.82, 2.24) is 15.0 Å². The molecular weight excluding hydrogens is 274 g/mol. The molecule has 7 heteroatoms. The molecule has 0 spiro atoms. The maximum atomic E-state index is 12.3. The molecule has 0 saturated carbocycles. The molecule has 0 aromatic carbocycles. The van der Waals surface area contributed by atoms with Gasteiger partial charge >= 0.3 is 5.97 Å². The maximum Gasteiger partial charge on any atom is 0.323 e. The number of nitrogens with one attached hydrogen (secondary N) is 1. The van der Waals surface area contributed by atoms with Crippen LogP contribution < -0.4 is 5.32 Å². The van der Waals surface area contributed by atoms with Gasteiger partial charge in [-0.05, 0) is 32.9 Å². The van der Waals surface area contributed by atoms with E-state index >= 15 is 0 Å². The number of aryl methyl sites for hydroxylation is 2. The third kappa shape index (κ3) is 3.13. The highest BCUT2D eigenvalue weighted by molar-refractivity contribution is 5.93. The van der Waals surface area contributed by atoms with Gasteiger partial charge in [-0.15, -0.1) is 0 Å². The van der Waals surface area contributed by atoms with Gasteiger partial charge in [0, 0.05) is 11.8 Å². The third-order valence-corrected chi connectivity index (χ3v) is 3.24. The van der Waals surface area contributed by atoms with Gasteiger partial charge in [-0.1, -0.05) is 5.16 Å². The van der Waals surface area contributed by atoms with Crippen molar-refractivity contribution < 1.29 is 19.2 Å². The Morgan fingerprint density at radius 3 is 2.76 bits per heavy atom. The summed E-state index contributed by atoms with van der Waals surface area (Å²) in [5, 5.41) is 15.5.